The first-order valence-electron chi connectivity index (χ1n) is 14.4. The molecule has 0 N–H and O–H groups in total. The predicted molar refractivity (Wildman–Crippen MR) is 136 cm³/mol. The Kier molecular flexibility index (Phi) is 5.04. The summed E-state index contributed by atoms with van der Waals surface area (Å²) in [6.45, 7) is 14.4. The van der Waals surface area contributed by atoms with Gasteiger partial charge in [0.15, 0.2) is 0 Å². The van der Waals surface area contributed by atoms with Crippen LogP contribution in [-0.4, -0.2) is 25.3 Å². The Labute approximate surface area is 217 Å². The van der Waals surface area contributed by atoms with Crippen molar-refractivity contribution >= 4 is 11.9 Å². The standard InChI is InChI=1S/C31H46O5/c1-19-23(32)36-25-31(19)10-8-20-28(4,21(31)9-17-35-25)14-16-30(6)22-18-27(3,24(33)34-7)12-11-26(22,2)13-15-29(20,30)5/h9,17,19-22,25H,8,10-16,18H2,1-7H3. The molecule has 0 radical (unpaired) electrons. The van der Waals surface area contributed by atoms with Crippen LogP contribution in [0, 0.1) is 56.2 Å². The summed E-state index contributed by atoms with van der Waals surface area (Å²) in [5.74, 6) is 1.10. The van der Waals surface area contributed by atoms with Crippen LogP contribution in [0.5, 0.6) is 0 Å². The smallest absolute Gasteiger partial charge is 0.312 e. The Balaban J connectivity index is 1.40. The van der Waals surface area contributed by atoms with E-state index in [1.165, 1.54) is 19.3 Å². The predicted octanol–water partition coefficient (Wildman–Crippen LogP) is 6.65. The van der Waals surface area contributed by atoms with Crippen molar-refractivity contribution in [3.05, 3.63) is 12.3 Å². The maximum Gasteiger partial charge on any atom is 0.312 e. The average molecular weight is 499 g/mol. The largest absolute Gasteiger partial charge is 0.469 e. The van der Waals surface area contributed by atoms with E-state index in [4.69, 9.17) is 14.2 Å². The van der Waals surface area contributed by atoms with Crippen LogP contribution in [-0.2, 0) is 23.8 Å². The summed E-state index contributed by atoms with van der Waals surface area (Å²) in [4.78, 5) is 25.7. The molecule has 1 spiro atoms. The molecule has 0 bridgehead atoms. The van der Waals surface area contributed by atoms with E-state index < -0.39 is 6.29 Å². The summed E-state index contributed by atoms with van der Waals surface area (Å²) >= 11 is 0. The number of rotatable bonds is 1. The summed E-state index contributed by atoms with van der Waals surface area (Å²) < 4.78 is 17.1. The molecule has 5 fully saturated rings. The fraction of sp³-hybridized carbons (Fsp3) is 0.871. The molecule has 200 valence electrons. The van der Waals surface area contributed by atoms with E-state index in [-0.39, 0.29) is 56.3 Å². The molecule has 4 saturated carbocycles. The molecule has 1 saturated heterocycles. The molecule has 36 heavy (non-hydrogen) atoms. The number of hydrogen-bond donors (Lipinski definition) is 0. The number of hydrogen-bond acceptors (Lipinski definition) is 5. The third-order valence-electron chi connectivity index (χ3n) is 13.9. The first kappa shape index (κ1) is 24.8. The molecule has 0 amide bonds. The van der Waals surface area contributed by atoms with Crippen LogP contribution in [0.1, 0.15) is 99.3 Å². The molecule has 4 aliphatic carbocycles. The van der Waals surface area contributed by atoms with Gasteiger partial charge in [-0.1, -0.05) is 34.6 Å². The average Bonchev–Trinajstić information content (AvgIpc) is 3.10. The molecule has 0 aromatic rings. The second kappa shape index (κ2) is 7.32. The highest BCUT2D eigenvalue weighted by Gasteiger charge is 2.74. The second-order valence-corrected chi connectivity index (χ2v) is 14.9. The van der Waals surface area contributed by atoms with Crippen molar-refractivity contribution in [2.75, 3.05) is 7.11 Å². The van der Waals surface area contributed by atoms with Crippen LogP contribution >= 0.6 is 0 Å². The first-order valence-corrected chi connectivity index (χ1v) is 14.4. The van der Waals surface area contributed by atoms with E-state index in [0.717, 1.165) is 38.5 Å². The Bertz CT molecular complexity index is 1020. The van der Waals surface area contributed by atoms with Gasteiger partial charge in [-0.2, -0.15) is 0 Å². The van der Waals surface area contributed by atoms with Gasteiger partial charge in [0, 0.05) is 0 Å². The summed E-state index contributed by atoms with van der Waals surface area (Å²) in [5, 5.41) is 0. The van der Waals surface area contributed by atoms with Gasteiger partial charge in [0.25, 0.3) is 0 Å². The minimum absolute atomic E-state index is 0.0287. The van der Waals surface area contributed by atoms with Crippen molar-refractivity contribution in [1.29, 1.82) is 0 Å². The van der Waals surface area contributed by atoms with Gasteiger partial charge in [0.2, 0.25) is 6.29 Å². The SMILES string of the molecule is COC(=O)C1(C)CCC2(C)CCC3(C)C4CCC56C(OC=CC5C4(C)CCC3(C)C2C1)OC(=O)C6C. The molecule has 2 aliphatic heterocycles. The Hall–Kier alpha value is -1.52. The van der Waals surface area contributed by atoms with Crippen molar-refractivity contribution in [2.24, 2.45) is 56.2 Å². The highest BCUT2D eigenvalue weighted by Crippen LogP contribution is 2.78. The van der Waals surface area contributed by atoms with Crippen molar-refractivity contribution in [1.82, 2.24) is 0 Å². The Morgan fingerprint density at radius 1 is 0.944 bits per heavy atom. The molecule has 11 atom stereocenters. The molecule has 2 heterocycles. The molecule has 5 nitrogen and oxygen atoms in total. The quantitative estimate of drug-likeness (QED) is 0.379. The third kappa shape index (κ3) is 2.69. The normalized spacial score (nSPS) is 57.2. The molecule has 11 unspecified atom stereocenters. The lowest BCUT2D eigenvalue weighted by Crippen LogP contribution is -2.68. The Morgan fingerprint density at radius 3 is 2.33 bits per heavy atom. The number of methoxy groups -OCH3 is 1. The van der Waals surface area contributed by atoms with Gasteiger partial charge in [-0.15, -0.1) is 0 Å². The fourth-order valence-electron chi connectivity index (χ4n) is 11.4. The summed E-state index contributed by atoms with van der Waals surface area (Å²) in [6, 6.07) is 0. The van der Waals surface area contributed by atoms with E-state index in [9.17, 15) is 9.59 Å². The molecule has 6 aliphatic rings. The van der Waals surface area contributed by atoms with Crippen molar-refractivity contribution in [3.8, 4) is 0 Å². The highest BCUT2D eigenvalue weighted by atomic mass is 16.7. The van der Waals surface area contributed by atoms with Crippen molar-refractivity contribution in [3.63, 3.8) is 0 Å². The van der Waals surface area contributed by atoms with Crippen LogP contribution in [0.2, 0.25) is 0 Å². The van der Waals surface area contributed by atoms with Crippen molar-refractivity contribution < 1.29 is 23.8 Å². The number of ether oxygens (including phenoxy) is 3. The van der Waals surface area contributed by atoms with Crippen LogP contribution < -0.4 is 0 Å². The lowest BCUT2D eigenvalue weighted by atomic mass is 9.30. The van der Waals surface area contributed by atoms with Gasteiger partial charge in [0.05, 0.1) is 30.1 Å². The number of carbonyl (C=O) groups is 2. The number of carbonyl (C=O) groups excluding carboxylic acids is 2. The summed E-state index contributed by atoms with van der Waals surface area (Å²) in [6.07, 6.45) is 13.6. The van der Waals surface area contributed by atoms with Crippen molar-refractivity contribution in [2.45, 2.75) is 106 Å². The lowest BCUT2D eigenvalue weighted by Gasteiger charge is -2.74. The summed E-state index contributed by atoms with van der Waals surface area (Å²) in [5.41, 5.74) is 0.112. The van der Waals surface area contributed by atoms with Gasteiger partial charge < -0.3 is 14.2 Å². The van der Waals surface area contributed by atoms with Gasteiger partial charge >= 0.3 is 11.9 Å². The van der Waals surface area contributed by atoms with Gasteiger partial charge in [-0.25, -0.2) is 0 Å². The van der Waals surface area contributed by atoms with E-state index in [1.54, 1.807) is 7.11 Å². The monoisotopic (exact) mass is 498 g/mol. The first-order chi connectivity index (χ1) is 16.8. The molecular weight excluding hydrogens is 452 g/mol. The molecule has 0 aromatic carbocycles. The van der Waals surface area contributed by atoms with E-state index in [2.05, 4.69) is 47.6 Å². The zero-order valence-electron chi connectivity index (χ0n) is 23.4. The maximum atomic E-state index is 12.9. The van der Waals surface area contributed by atoms with Gasteiger partial charge in [0.1, 0.15) is 0 Å². The Morgan fingerprint density at radius 2 is 1.61 bits per heavy atom. The van der Waals surface area contributed by atoms with Crippen LogP contribution in [0.3, 0.4) is 0 Å². The second-order valence-electron chi connectivity index (χ2n) is 14.9. The van der Waals surface area contributed by atoms with Gasteiger partial charge in [-0.3, -0.25) is 9.59 Å². The summed E-state index contributed by atoms with van der Waals surface area (Å²) in [7, 11) is 1.55. The third-order valence-corrected chi connectivity index (χ3v) is 13.9. The molecule has 0 aromatic heterocycles. The van der Waals surface area contributed by atoms with E-state index >= 15 is 0 Å². The molecular formula is C31H46O5. The minimum Gasteiger partial charge on any atom is -0.469 e. The zero-order chi connectivity index (χ0) is 25.9. The van der Waals surface area contributed by atoms with Crippen LogP contribution in [0.4, 0.5) is 0 Å². The number of esters is 2. The van der Waals surface area contributed by atoms with E-state index in [1.807, 2.05) is 6.26 Å². The topological polar surface area (TPSA) is 61.8 Å². The lowest BCUT2D eigenvalue weighted by molar-refractivity contribution is -0.268. The van der Waals surface area contributed by atoms with Gasteiger partial charge in [-0.05, 0) is 110 Å². The highest BCUT2D eigenvalue weighted by molar-refractivity contribution is 5.77. The molecule has 5 heteroatoms. The van der Waals surface area contributed by atoms with E-state index in [0.29, 0.717) is 11.8 Å². The minimum atomic E-state index is -0.442. The zero-order valence-corrected chi connectivity index (χ0v) is 23.4. The maximum absolute atomic E-state index is 12.9. The fourth-order valence-corrected chi connectivity index (χ4v) is 11.4. The molecule has 6 rings (SSSR count). The van der Waals surface area contributed by atoms with Crippen LogP contribution in [0.15, 0.2) is 12.3 Å². The number of allylic oxidation sites excluding steroid dienone is 1. The number of fused-ring (bicyclic) bond motifs is 6. The van der Waals surface area contributed by atoms with Crippen LogP contribution in [0.25, 0.3) is 0 Å².